The number of nitrogens with one attached hydrogen (secondary N) is 1. The van der Waals surface area contributed by atoms with E-state index < -0.39 is 0 Å². The predicted molar refractivity (Wildman–Crippen MR) is 75.9 cm³/mol. The smallest absolute Gasteiger partial charge is 0.123 e. The molecule has 1 aromatic rings. The molecule has 3 heteroatoms. The minimum Gasteiger partial charge on any atom is -0.372 e. The fourth-order valence-electron chi connectivity index (χ4n) is 2.88. The first-order valence-corrected chi connectivity index (χ1v) is 7.08. The van der Waals surface area contributed by atoms with Crippen LogP contribution >= 0.6 is 0 Å². The lowest BCUT2D eigenvalue weighted by Gasteiger charge is -2.23. The maximum absolute atomic E-state index is 13.0. The van der Waals surface area contributed by atoms with E-state index in [0.717, 1.165) is 25.8 Å². The monoisotopic (exact) mass is 265 g/mol. The van der Waals surface area contributed by atoms with Gasteiger partial charge in [0.2, 0.25) is 0 Å². The molecule has 2 atom stereocenters. The van der Waals surface area contributed by atoms with Gasteiger partial charge in [-0.05, 0) is 63.8 Å². The van der Waals surface area contributed by atoms with Crippen LogP contribution in [0.1, 0.15) is 44.6 Å². The third kappa shape index (κ3) is 4.02. The maximum atomic E-state index is 13.0. The SMILES string of the molecule is CNCC(CC1CCC(C)(C)O1)c1ccc(F)cc1. The summed E-state index contributed by atoms with van der Waals surface area (Å²) < 4.78 is 19.1. The topological polar surface area (TPSA) is 21.3 Å². The molecule has 1 aromatic carbocycles. The van der Waals surface area contributed by atoms with Gasteiger partial charge in [0.25, 0.3) is 0 Å². The molecular weight excluding hydrogens is 241 g/mol. The predicted octanol–water partition coefficient (Wildman–Crippen LogP) is 3.48. The van der Waals surface area contributed by atoms with Gasteiger partial charge in [0.1, 0.15) is 5.82 Å². The third-order valence-corrected chi connectivity index (χ3v) is 3.89. The number of benzene rings is 1. The number of rotatable bonds is 5. The number of halogens is 1. The first kappa shape index (κ1) is 14.5. The average Bonchev–Trinajstić information content (AvgIpc) is 2.69. The molecule has 1 N–H and O–H groups in total. The van der Waals surface area contributed by atoms with Crippen LogP contribution in [0.5, 0.6) is 0 Å². The molecule has 1 saturated heterocycles. The Labute approximate surface area is 115 Å². The van der Waals surface area contributed by atoms with E-state index in [2.05, 4.69) is 19.2 Å². The number of hydrogen-bond acceptors (Lipinski definition) is 2. The van der Waals surface area contributed by atoms with Crippen molar-refractivity contribution in [1.82, 2.24) is 5.32 Å². The van der Waals surface area contributed by atoms with Crippen molar-refractivity contribution in [3.05, 3.63) is 35.6 Å². The van der Waals surface area contributed by atoms with Crippen molar-refractivity contribution in [2.75, 3.05) is 13.6 Å². The quantitative estimate of drug-likeness (QED) is 0.880. The van der Waals surface area contributed by atoms with Crippen molar-refractivity contribution in [3.63, 3.8) is 0 Å². The van der Waals surface area contributed by atoms with E-state index in [-0.39, 0.29) is 11.4 Å². The lowest BCUT2D eigenvalue weighted by molar-refractivity contribution is -0.0208. The van der Waals surface area contributed by atoms with E-state index in [4.69, 9.17) is 4.74 Å². The molecule has 1 aliphatic heterocycles. The van der Waals surface area contributed by atoms with Crippen LogP contribution in [0.2, 0.25) is 0 Å². The van der Waals surface area contributed by atoms with Crippen molar-refractivity contribution in [1.29, 1.82) is 0 Å². The Bertz CT molecular complexity index is 402. The summed E-state index contributed by atoms with van der Waals surface area (Å²) in [6.45, 7) is 5.20. The van der Waals surface area contributed by atoms with Gasteiger partial charge in [-0.3, -0.25) is 0 Å². The van der Waals surface area contributed by atoms with Gasteiger partial charge in [-0.15, -0.1) is 0 Å². The Morgan fingerprint density at radius 2 is 2.05 bits per heavy atom. The van der Waals surface area contributed by atoms with Gasteiger partial charge in [0, 0.05) is 6.54 Å². The van der Waals surface area contributed by atoms with Crippen LogP contribution in [-0.2, 0) is 4.74 Å². The van der Waals surface area contributed by atoms with E-state index in [0.29, 0.717) is 12.0 Å². The maximum Gasteiger partial charge on any atom is 0.123 e. The molecule has 0 aliphatic carbocycles. The van der Waals surface area contributed by atoms with Crippen LogP contribution in [0, 0.1) is 5.82 Å². The number of hydrogen-bond donors (Lipinski definition) is 1. The zero-order valence-corrected chi connectivity index (χ0v) is 12.1. The second kappa shape index (κ2) is 6.02. The number of ether oxygens (including phenoxy) is 1. The lowest BCUT2D eigenvalue weighted by Crippen LogP contribution is -2.24. The van der Waals surface area contributed by atoms with E-state index >= 15 is 0 Å². The summed E-state index contributed by atoms with van der Waals surface area (Å²) >= 11 is 0. The molecule has 19 heavy (non-hydrogen) atoms. The van der Waals surface area contributed by atoms with E-state index in [1.165, 1.54) is 17.7 Å². The summed E-state index contributed by atoms with van der Waals surface area (Å²) in [5, 5.41) is 3.23. The highest BCUT2D eigenvalue weighted by Gasteiger charge is 2.33. The van der Waals surface area contributed by atoms with Crippen molar-refractivity contribution in [2.24, 2.45) is 0 Å². The fraction of sp³-hybridized carbons (Fsp3) is 0.625. The van der Waals surface area contributed by atoms with Gasteiger partial charge in [-0.1, -0.05) is 12.1 Å². The summed E-state index contributed by atoms with van der Waals surface area (Å²) in [5.41, 5.74) is 1.20. The van der Waals surface area contributed by atoms with Crippen LogP contribution in [-0.4, -0.2) is 25.3 Å². The second-order valence-corrected chi connectivity index (χ2v) is 6.08. The summed E-state index contributed by atoms with van der Waals surface area (Å²) in [7, 11) is 1.95. The third-order valence-electron chi connectivity index (χ3n) is 3.89. The minimum atomic E-state index is -0.176. The highest BCUT2D eigenvalue weighted by molar-refractivity contribution is 5.21. The molecule has 1 fully saturated rings. The molecular formula is C16H24FNO. The van der Waals surface area contributed by atoms with Crippen LogP contribution in [0.25, 0.3) is 0 Å². The average molecular weight is 265 g/mol. The van der Waals surface area contributed by atoms with Crippen molar-refractivity contribution in [2.45, 2.75) is 50.7 Å². The van der Waals surface area contributed by atoms with Crippen molar-refractivity contribution >= 4 is 0 Å². The first-order chi connectivity index (χ1) is 9.00. The molecule has 0 amide bonds. The highest BCUT2D eigenvalue weighted by Crippen LogP contribution is 2.34. The van der Waals surface area contributed by atoms with E-state index in [9.17, 15) is 4.39 Å². The van der Waals surface area contributed by atoms with Crippen LogP contribution in [0.3, 0.4) is 0 Å². The molecule has 2 rings (SSSR count). The van der Waals surface area contributed by atoms with Gasteiger partial charge in [0.05, 0.1) is 11.7 Å². The summed E-state index contributed by atoms with van der Waals surface area (Å²) in [6.07, 6.45) is 3.55. The van der Waals surface area contributed by atoms with Gasteiger partial charge in [-0.25, -0.2) is 4.39 Å². The summed E-state index contributed by atoms with van der Waals surface area (Å²) in [6, 6.07) is 6.85. The normalized spacial score (nSPS) is 23.5. The van der Waals surface area contributed by atoms with Crippen molar-refractivity contribution < 1.29 is 9.13 Å². The molecule has 0 saturated carbocycles. The Morgan fingerprint density at radius 1 is 1.37 bits per heavy atom. The van der Waals surface area contributed by atoms with Crippen molar-refractivity contribution in [3.8, 4) is 0 Å². The van der Waals surface area contributed by atoms with E-state index in [1.807, 2.05) is 19.2 Å². The number of likely N-dealkylation sites (N-methyl/N-ethyl adjacent to an activating group) is 1. The van der Waals surface area contributed by atoms with Gasteiger partial charge in [0.15, 0.2) is 0 Å². The Balaban J connectivity index is 2.02. The zero-order chi connectivity index (χ0) is 13.9. The standard InChI is InChI=1S/C16H24FNO/c1-16(2)9-8-15(19-16)10-13(11-18-3)12-4-6-14(17)7-5-12/h4-7,13,15,18H,8-11H2,1-3H3. The van der Waals surface area contributed by atoms with E-state index in [1.54, 1.807) is 0 Å². The Hall–Kier alpha value is -0.930. The molecule has 0 aromatic heterocycles. The van der Waals surface area contributed by atoms with Gasteiger partial charge < -0.3 is 10.1 Å². The fourth-order valence-corrected chi connectivity index (χ4v) is 2.88. The molecule has 106 valence electrons. The molecule has 2 nitrogen and oxygen atoms in total. The van der Waals surface area contributed by atoms with Gasteiger partial charge in [-0.2, -0.15) is 0 Å². The molecule has 0 spiro atoms. The second-order valence-electron chi connectivity index (χ2n) is 6.08. The summed E-state index contributed by atoms with van der Waals surface area (Å²) in [4.78, 5) is 0. The summed E-state index contributed by atoms with van der Waals surface area (Å²) in [5.74, 6) is 0.203. The molecule has 0 bridgehead atoms. The molecule has 1 heterocycles. The zero-order valence-electron chi connectivity index (χ0n) is 12.1. The molecule has 0 radical (unpaired) electrons. The van der Waals surface area contributed by atoms with Crippen LogP contribution < -0.4 is 5.32 Å². The Kier molecular flexibility index (Phi) is 4.58. The first-order valence-electron chi connectivity index (χ1n) is 7.08. The lowest BCUT2D eigenvalue weighted by atomic mass is 9.92. The highest BCUT2D eigenvalue weighted by atomic mass is 19.1. The minimum absolute atomic E-state index is 0.0116. The van der Waals surface area contributed by atoms with Crippen LogP contribution in [0.15, 0.2) is 24.3 Å². The van der Waals surface area contributed by atoms with Crippen LogP contribution in [0.4, 0.5) is 4.39 Å². The Morgan fingerprint density at radius 3 is 2.58 bits per heavy atom. The largest absolute Gasteiger partial charge is 0.372 e. The molecule has 1 aliphatic rings. The van der Waals surface area contributed by atoms with Gasteiger partial charge >= 0.3 is 0 Å². The molecule has 2 unspecified atom stereocenters.